The number of carbonyl (C=O) groups excluding carboxylic acids is 1. The van der Waals surface area contributed by atoms with Crippen LogP contribution in [0.3, 0.4) is 0 Å². The molecule has 116 valence electrons. The number of carboxylic acids is 1. The minimum Gasteiger partial charge on any atom is -0.481 e. The molecule has 1 aliphatic carbocycles. The molecule has 0 bridgehead atoms. The van der Waals surface area contributed by atoms with Crippen molar-refractivity contribution >= 4 is 12.0 Å². The van der Waals surface area contributed by atoms with Gasteiger partial charge in [-0.2, -0.15) is 0 Å². The lowest BCUT2D eigenvalue weighted by Gasteiger charge is -2.40. The number of rotatable bonds is 5. The van der Waals surface area contributed by atoms with Crippen LogP contribution in [0.2, 0.25) is 0 Å². The highest BCUT2D eigenvalue weighted by atomic mass is 16.4. The normalized spacial score (nSPS) is 24.0. The Labute approximate surface area is 121 Å². The van der Waals surface area contributed by atoms with E-state index >= 15 is 0 Å². The minimum absolute atomic E-state index is 0.00631. The van der Waals surface area contributed by atoms with E-state index < -0.39 is 5.97 Å². The Morgan fingerprint density at radius 3 is 2.40 bits per heavy atom. The summed E-state index contributed by atoms with van der Waals surface area (Å²) in [5.74, 6) is -0.344. The summed E-state index contributed by atoms with van der Waals surface area (Å²) in [6, 6.07) is -0.0336. The molecule has 0 aromatic carbocycles. The Morgan fingerprint density at radius 2 is 1.90 bits per heavy atom. The molecule has 0 saturated heterocycles. The molecule has 5 heteroatoms. The lowest BCUT2D eigenvalue weighted by molar-refractivity contribution is -0.138. The number of aliphatic carboxylic acids is 1. The summed E-state index contributed by atoms with van der Waals surface area (Å²) < 4.78 is 0. The standard InChI is InChI=1S/C15H28N2O3/c1-5-17(12(3)10-14(18)19)15(20)16(4)13-9-7-6-8-11(13)2/h11-13H,5-10H2,1-4H3,(H,18,19). The Balaban J connectivity index is 2.71. The Bertz CT molecular complexity index is 346. The van der Waals surface area contributed by atoms with Crippen LogP contribution in [0.5, 0.6) is 0 Å². The van der Waals surface area contributed by atoms with Crippen molar-refractivity contribution in [1.82, 2.24) is 9.80 Å². The number of urea groups is 1. The van der Waals surface area contributed by atoms with Gasteiger partial charge in [0, 0.05) is 25.7 Å². The van der Waals surface area contributed by atoms with Crippen molar-refractivity contribution in [3.05, 3.63) is 0 Å². The van der Waals surface area contributed by atoms with E-state index in [1.165, 1.54) is 19.3 Å². The van der Waals surface area contributed by atoms with Crippen LogP contribution in [0.15, 0.2) is 0 Å². The summed E-state index contributed by atoms with van der Waals surface area (Å²) in [7, 11) is 1.85. The van der Waals surface area contributed by atoms with Gasteiger partial charge >= 0.3 is 12.0 Å². The number of carboxylic acid groups (broad SMARTS) is 1. The molecule has 0 heterocycles. The lowest BCUT2D eigenvalue weighted by Crippen LogP contribution is -2.51. The van der Waals surface area contributed by atoms with Gasteiger partial charge < -0.3 is 14.9 Å². The molecule has 5 nitrogen and oxygen atoms in total. The first-order valence-corrected chi connectivity index (χ1v) is 7.63. The molecule has 0 spiro atoms. The molecule has 1 aliphatic rings. The maximum absolute atomic E-state index is 12.6. The zero-order valence-electron chi connectivity index (χ0n) is 13.1. The van der Waals surface area contributed by atoms with Gasteiger partial charge in [-0.15, -0.1) is 0 Å². The second-order valence-electron chi connectivity index (χ2n) is 5.96. The van der Waals surface area contributed by atoms with Crippen molar-refractivity contribution in [2.75, 3.05) is 13.6 Å². The molecule has 1 saturated carbocycles. The molecular weight excluding hydrogens is 256 g/mol. The smallest absolute Gasteiger partial charge is 0.320 e. The molecule has 0 aromatic heterocycles. The highest BCUT2D eigenvalue weighted by Gasteiger charge is 2.31. The Morgan fingerprint density at radius 1 is 1.30 bits per heavy atom. The molecule has 20 heavy (non-hydrogen) atoms. The van der Waals surface area contributed by atoms with E-state index in [0.29, 0.717) is 12.5 Å². The monoisotopic (exact) mass is 284 g/mol. The fraction of sp³-hybridized carbons (Fsp3) is 0.867. The topological polar surface area (TPSA) is 60.9 Å². The second-order valence-corrected chi connectivity index (χ2v) is 5.96. The van der Waals surface area contributed by atoms with Gasteiger partial charge in [0.15, 0.2) is 0 Å². The second kappa shape index (κ2) is 7.50. The summed E-state index contributed by atoms with van der Waals surface area (Å²) in [5, 5.41) is 8.89. The quantitative estimate of drug-likeness (QED) is 0.844. The molecule has 0 radical (unpaired) electrons. The Hall–Kier alpha value is -1.26. The number of hydrogen-bond acceptors (Lipinski definition) is 2. The van der Waals surface area contributed by atoms with Crippen LogP contribution in [-0.4, -0.2) is 52.6 Å². The molecule has 0 aromatic rings. The summed E-state index contributed by atoms with van der Waals surface area (Å²) in [6.45, 7) is 6.44. The van der Waals surface area contributed by atoms with Gasteiger partial charge in [-0.05, 0) is 32.6 Å². The maximum atomic E-state index is 12.6. The van der Waals surface area contributed by atoms with E-state index in [9.17, 15) is 9.59 Å². The highest BCUT2D eigenvalue weighted by molar-refractivity contribution is 5.76. The number of hydrogen-bond donors (Lipinski definition) is 1. The van der Waals surface area contributed by atoms with Gasteiger partial charge in [0.2, 0.25) is 0 Å². The molecule has 1 rings (SSSR count). The van der Waals surface area contributed by atoms with Gasteiger partial charge in [-0.25, -0.2) is 4.79 Å². The molecule has 3 unspecified atom stereocenters. The summed E-state index contributed by atoms with van der Waals surface area (Å²) in [5.41, 5.74) is 0. The van der Waals surface area contributed by atoms with Crippen LogP contribution in [0.1, 0.15) is 52.9 Å². The van der Waals surface area contributed by atoms with Crippen molar-refractivity contribution in [2.45, 2.75) is 65.0 Å². The zero-order valence-corrected chi connectivity index (χ0v) is 13.1. The van der Waals surface area contributed by atoms with Crippen molar-refractivity contribution in [1.29, 1.82) is 0 Å². The van der Waals surface area contributed by atoms with E-state index in [-0.39, 0.29) is 24.5 Å². The molecular formula is C15H28N2O3. The van der Waals surface area contributed by atoms with E-state index in [1.54, 1.807) is 11.8 Å². The maximum Gasteiger partial charge on any atom is 0.320 e. The SMILES string of the molecule is CCN(C(=O)N(C)C1CCCCC1C)C(C)CC(=O)O. The van der Waals surface area contributed by atoms with Crippen LogP contribution in [0.25, 0.3) is 0 Å². The van der Waals surface area contributed by atoms with Crippen molar-refractivity contribution in [3.63, 3.8) is 0 Å². The third-order valence-electron chi connectivity index (χ3n) is 4.45. The average molecular weight is 284 g/mol. The van der Waals surface area contributed by atoms with Gasteiger partial charge in [0.05, 0.1) is 6.42 Å². The molecule has 0 aliphatic heterocycles. The third kappa shape index (κ3) is 4.12. The fourth-order valence-electron chi connectivity index (χ4n) is 3.21. The largest absolute Gasteiger partial charge is 0.481 e. The molecule has 1 fully saturated rings. The van der Waals surface area contributed by atoms with Gasteiger partial charge in [-0.3, -0.25) is 4.79 Å². The van der Waals surface area contributed by atoms with Crippen LogP contribution in [0.4, 0.5) is 4.79 Å². The van der Waals surface area contributed by atoms with Crippen LogP contribution in [-0.2, 0) is 4.79 Å². The number of carbonyl (C=O) groups is 2. The van der Waals surface area contributed by atoms with E-state index in [1.807, 2.05) is 18.9 Å². The molecule has 3 atom stereocenters. The molecule has 1 N–H and O–H groups in total. The predicted octanol–water partition coefficient (Wildman–Crippen LogP) is 2.80. The molecule has 2 amide bonds. The predicted molar refractivity (Wildman–Crippen MR) is 78.7 cm³/mol. The van der Waals surface area contributed by atoms with E-state index in [0.717, 1.165) is 6.42 Å². The fourth-order valence-corrected chi connectivity index (χ4v) is 3.21. The zero-order chi connectivity index (χ0) is 15.3. The first-order chi connectivity index (χ1) is 9.38. The summed E-state index contributed by atoms with van der Waals surface area (Å²) in [4.78, 5) is 26.9. The number of nitrogens with zero attached hydrogens (tertiary/aromatic N) is 2. The first kappa shape index (κ1) is 16.8. The Kier molecular flexibility index (Phi) is 6.30. The van der Waals surface area contributed by atoms with Gasteiger partial charge in [-0.1, -0.05) is 19.8 Å². The van der Waals surface area contributed by atoms with Gasteiger partial charge in [0.25, 0.3) is 0 Å². The summed E-state index contributed by atoms with van der Waals surface area (Å²) in [6.07, 6.45) is 4.62. The lowest BCUT2D eigenvalue weighted by atomic mass is 9.85. The van der Waals surface area contributed by atoms with Crippen molar-refractivity contribution in [3.8, 4) is 0 Å². The number of amides is 2. The van der Waals surface area contributed by atoms with Gasteiger partial charge in [0.1, 0.15) is 0 Å². The van der Waals surface area contributed by atoms with Crippen molar-refractivity contribution in [2.24, 2.45) is 5.92 Å². The summed E-state index contributed by atoms with van der Waals surface area (Å²) >= 11 is 0. The average Bonchev–Trinajstić information content (AvgIpc) is 2.38. The van der Waals surface area contributed by atoms with E-state index in [2.05, 4.69) is 6.92 Å². The van der Waals surface area contributed by atoms with E-state index in [4.69, 9.17) is 5.11 Å². The highest BCUT2D eigenvalue weighted by Crippen LogP contribution is 2.28. The first-order valence-electron chi connectivity index (χ1n) is 7.63. The van der Waals surface area contributed by atoms with Crippen LogP contribution < -0.4 is 0 Å². The third-order valence-corrected chi connectivity index (χ3v) is 4.45. The van der Waals surface area contributed by atoms with Crippen molar-refractivity contribution < 1.29 is 14.7 Å². The van der Waals surface area contributed by atoms with Crippen LogP contribution >= 0.6 is 0 Å². The minimum atomic E-state index is -0.863. The van der Waals surface area contributed by atoms with Crippen LogP contribution in [0, 0.1) is 5.92 Å².